The van der Waals surface area contributed by atoms with Crippen LogP contribution in [0.1, 0.15) is 11.1 Å². The van der Waals surface area contributed by atoms with Gasteiger partial charge in [0.2, 0.25) is 11.8 Å². The van der Waals surface area contributed by atoms with Crippen LogP contribution in [0, 0.1) is 5.82 Å². The highest BCUT2D eigenvalue weighted by Gasteiger charge is 2.28. The molecule has 0 saturated carbocycles. The Bertz CT molecular complexity index is 1110. The summed E-state index contributed by atoms with van der Waals surface area (Å²) in [5.41, 5.74) is 2.82. The summed E-state index contributed by atoms with van der Waals surface area (Å²) in [6, 6.07) is 14.8. The molecule has 2 aromatic carbocycles. The standard InChI is InChI=1S/C22H18FN3O3S/c1-29-17-8-2-14(3-9-17)21-18-10-11-30-22(18)26(20(28)12-24-21)13-19(27)25-16-6-4-15(23)5-7-16/h2-11H,12-13H2,1H3,(H,25,27). The number of nitrogens with zero attached hydrogens (tertiary/aromatic N) is 2. The van der Waals surface area contributed by atoms with Crippen molar-refractivity contribution in [3.8, 4) is 5.75 Å². The van der Waals surface area contributed by atoms with Crippen molar-refractivity contribution in [2.45, 2.75) is 0 Å². The number of nitrogens with one attached hydrogen (secondary N) is 1. The Balaban J connectivity index is 1.58. The van der Waals surface area contributed by atoms with E-state index < -0.39 is 0 Å². The molecule has 1 aromatic heterocycles. The van der Waals surface area contributed by atoms with Crippen molar-refractivity contribution < 1.29 is 18.7 Å². The molecule has 30 heavy (non-hydrogen) atoms. The second kappa shape index (κ2) is 8.46. The van der Waals surface area contributed by atoms with Gasteiger partial charge in [0.25, 0.3) is 0 Å². The van der Waals surface area contributed by atoms with E-state index in [0.717, 1.165) is 16.9 Å². The lowest BCUT2D eigenvalue weighted by atomic mass is 10.0. The molecule has 1 aliphatic heterocycles. The van der Waals surface area contributed by atoms with Crippen molar-refractivity contribution in [2.24, 2.45) is 4.99 Å². The maximum Gasteiger partial charge on any atom is 0.249 e. The lowest BCUT2D eigenvalue weighted by Crippen LogP contribution is -2.38. The van der Waals surface area contributed by atoms with Crippen LogP contribution in [0.25, 0.3) is 0 Å². The number of anilines is 2. The van der Waals surface area contributed by atoms with Gasteiger partial charge >= 0.3 is 0 Å². The average molecular weight is 423 g/mol. The van der Waals surface area contributed by atoms with Gasteiger partial charge in [-0.05, 0) is 60.0 Å². The Morgan fingerprint density at radius 2 is 1.90 bits per heavy atom. The lowest BCUT2D eigenvalue weighted by molar-refractivity contribution is -0.120. The third kappa shape index (κ3) is 4.08. The predicted octanol–water partition coefficient (Wildman–Crippen LogP) is 3.72. The van der Waals surface area contributed by atoms with Crippen LogP contribution in [0.5, 0.6) is 5.75 Å². The molecule has 1 aliphatic rings. The quantitative estimate of drug-likeness (QED) is 0.680. The summed E-state index contributed by atoms with van der Waals surface area (Å²) >= 11 is 1.38. The van der Waals surface area contributed by atoms with Gasteiger partial charge in [0.15, 0.2) is 0 Å². The normalized spacial score (nSPS) is 13.3. The number of halogens is 1. The molecule has 0 fully saturated rings. The molecule has 4 rings (SSSR count). The number of methoxy groups -OCH3 is 1. The first-order chi connectivity index (χ1) is 14.5. The first kappa shape index (κ1) is 19.8. The van der Waals surface area contributed by atoms with Crippen LogP contribution in [0.3, 0.4) is 0 Å². The Hall–Kier alpha value is -3.52. The fourth-order valence-electron chi connectivity index (χ4n) is 3.15. The Morgan fingerprint density at radius 3 is 2.60 bits per heavy atom. The Morgan fingerprint density at radius 1 is 1.17 bits per heavy atom. The van der Waals surface area contributed by atoms with Gasteiger partial charge in [-0.2, -0.15) is 0 Å². The van der Waals surface area contributed by atoms with E-state index in [4.69, 9.17) is 4.74 Å². The van der Waals surface area contributed by atoms with Crippen LogP contribution < -0.4 is 15.0 Å². The van der Waals surface area contributed by atoms with Crippen molar-refractivity contribution in [1.29, 1.82) is 0 Å². The van der Waals surface area contributed by atoms with E-state index >= 15 is 0 Å². The molecular formula is C22H18FN3O3S. The number of ether oxygens (including phenoxy) is 1. The van der Waals surface area contributed by atoms with E-state index in [1.807, 2.05) is 35.7 Å². The third-order valence-electron chi connectivity index (χ3n) is 4.61. The Labute approximate surface area is 176 Å². The van der Waals surface area contributed by atoms with Crippen LogP contribution in [0.4, 0.5) is 15.1 Å². The molecule has 0 saturated heterocycles. The third-order valence-corrected chi connectivity index (χ3v) is 5.55. The highest BCUT2D eigenvalue weighted by molar-refractivity contribution is 7.15. The fraction of sp³-hybridized carbons (Fsp3) is 0.136. The van der Waals surface area contributed by atoms with E-state index in [9.17, 15) is 14.0 Å². The summed E-state index contributed by atoms with van der Waals surface area (Å²) in [4.78, 5) is 31.2. The molecule has 152 valence electrons. The number of carbonyl (C=O) groups excluding carboxylic acids is 2. The first-order valence-electron chi connectivity index (χ1n) is 9.17. The smallest absolute Gasteiger partial charge is 0.249 e. The van der Waals surface area contributed by atoms with Crippen LogP contribution in [0.2, 0.25) is 0 Å². The number of thiophene rings is 1. The fourth-order valence-corrected chi connectivity index (χ4v) is 4.07. The predicted molar refractivity (Wildman–Crippen MR) is 115 cm³/mol. The molecular weight excluding hydrogens is 405 g/mol. The summed E-state index contributed by atoms with van der Waals surface area (Å²) < 4.78 is 18.3. The second-order valence-electron chi connectivity index (χ2n) is 6.57. The maximum absolute atomic E-state index is 13.1. The number of rotatable bonds is 5. The van der Waals surface area contributed by atoms with Gasteiger partial charge in [-0.25, -0.2) is 4.39 Å². The zero-order valence-electron chi connectivity index (χ0n) is 16.1. The van der Waals surface area contributed by atoms with Crippen LogP contribution in [-0.4, -0.2) is 37.7 Å². The summed E-state index contributed by atoms with van der Waals surface area (Å²) in [7, 11) is 1.60. The number of amides is 2. The molecule has 0 radical (unpaired) electrons. The summed E-state index contributed by atoms with van der Waals surface area (Å²) in [6.45, 7) is -0.221. The van der Waals surface area contributed by atoms with Crippen LogP contribution in [-0.2, 0) is 9.59 Å². The first-order valence-corrected chi connectivity index (χ1v) is 10.1. The maximum atomic E-state index is 13.1. The van der Waals surface area contributed by atoms with E-state index in [1.54, 1.807) is 7.11 Å². The van der Waals surface area contributed by atoms with Crippen molar-refractivity contribution in [3.05, 3.63) is 76.9 Å². The molecule has 0 aliphatic carbocycles. The van der Waals surface area contributed by atoms with Gasteiger partial charge in [0.1, 0.15) is 29.7 Å². The summed E-state index contributed by atoms with van der Waals surface area (Å²) in [5, 5.41) is 5.23. The van der Waals surface area contributed by atoms with Crippen molar-refractivity contribution in [1.82, 2.24) is 0 Å². The van der Waals surface area contributed by atoms with E-state index in [1.165, 1.54) is 40.5 Å². The SMILES string of the molecule is COc1ccc(C2=NCC(=O)N(CC(=O)Nc3ccc(F)cc3)c3sccc32)cc1. The van der Waals surface area contributed by atoms with Gasteiger partial charge in [0.05, 0.1) is 12.8 Å². The minimum Gasteiger partial charge on any atom is -0.497 e. The molecule has 2 heterocycles. The van der Waals surface area contributed by atoms with Crippen LogP contribution >= 0.6 is 11.3 Å². The molecule has 0 spiro atoms. The van der Waals surface area contributed by atoms with Gasteiger partial charge in [-0.3, -0.25) is 19.5 Å². The highest BCUT2D eigenvalue weighted by atomic mass is 32.1. The van der Waals surface area contributed by atoms with Crippen molar-refractivity contribution in [2.75, 3.05) is 30.4 Å². The number of benzene rings is 2. The van der Waals surface area contributed by atoms with E-state index in [0.29, 0.717) is 16.4 Å². The van der Waals surface area contributed by atoms with Gasteiger partial charge < -0.3 is 10.1 Å². The zero-order chi connectivity index (χ0) is 21.1. The molecule has 0 unspecified atom stereocenters. The zero-order valence-corrected chi connectivity index (χ0v) is 16.9. The van der Waals surface area contributed by atoms with Gasteiger partial charge in [-0.15, -0.1) is 11.3 Å². The Kier molecular flexibility index (Phi) is 5.58. The molecule has 3 aromatic rings. The minimum absolute atomic E-state index is 0.0629. The van der Waals surface area contributed by atoms with Crippen molar-refractivity contribution in [3.63, 3.8) is 0 Å². The largest absolute Gasteiger partial charge is 0.497 e. The number of hydrogen-bond donors (Lipinski definition) is 1. The average Bonchev–Trinajstić information content (AvgIpc) is 3.19. The topological polar surface area (TPSA) is 71.0 Å². The molecule has 0 atom stereocenters. The molecule has 0 bridgehead atoms. The van der Waals surface area contributed by atoms with Crippen molar-refractivity contribution >= 4 is 39.6 Å². The number of carbonyl (C=O) groups is 2. The molecule has 8 heteroatoms. The second-order valence-corrected chi connectivity index (χ2v) is 7.46. The minimum atomic E-state index is -0.387. The molecule has 2 amide bonds. The number of fused-ring (bicyclic) bond motifs is 1. The molecule has 6 nitrogen and oxygen atoms in total. The summed E-state index contributed by atoms with van der Waals surface area (Å²) in [6.07, 6.45) is 0. The van der Waals surface area contributed by atoms with Crippen LogP contribution in [0.15, 0.2) is 65.0 Å². The van der Waals surface area contributed by atoms with Gasteiger partial charge in [-0.1, -0.05) is 0 Å². The molecule has 1 N–H and O–H groups in total. The van der Waals surface area contributed by atoms with Gasteiger partial charge in [0, 0.05) is 16.8 Å². The summed E-state index contributed by atoms with van der Waals surface area (Å²) in [5.74, 6) is -0.297. The van der Waals surface area contributed by atoms with E-state index in [2.05, 4.69) is 10.3 Å². The van der Waals surface area contributed by atoms with E-state index in [-0.39, 0.29) is 30.7 Å². The highest BCUT2D eigenvalue weighted by Crippen LogP contribution is 2.32. The lowest BCUT2D eigenvalue weighted by Gasteiger charge is -2.20. The monoisotopic (exact) mass is 423 g/mol. The number of hydrogen-bond acceptors (Lipinski definition) is 5. The number of aliphatic imine (C=N–C) groups is 1.